The van der Waals surface area contributed by atoms with E-state index in [0.29, 0.717) is 11.8 Å². The number of halogens is 4. The van der Waals surface area contributed by atoms with Crippen molar-refractivity contribution in [1.29, 1.82) is 0 Å². The summed E-state index contributed by atoms with van der Waals surface area (Å²) in [5.74, 6) is -1.01. The highest BCUT2D eigenvalue weighted by Gasteiger charge is 2.41. The first-order chi connectivity index (χ1) is 15.0. The average molecular weight is 469 g/mol. The minimum absolute atomic E-state index is 0.00637. The molecular formula is C20H19F4N5O2S. The van der Waals surface area contributed by atoms with Crippen molar-refractivity contribution in [3.63, 3.8) is 0 Å². The summed E-state index contributed by atoms with van der Waals surface area (Å²) in [6.07, 6.45) is 0.0905. The number of benzene rings is 1. The molecule has 0 saturated carbocycles. The first-order valence-corrected chi connectivity index (χ1v) is 11.0. The minimum atomic E-state index is -4.57. The molecule has 0 aliphatic carbocycles. The van der Waals surface area contributed by atoms with Crippen molar-refractivity contribution < 1.29 is 26.0 Å². The highest BCUT2D eigenvalue weighted by Crippen LogP contribution is 2.35. The van der Waals surface area contributed by atoms with Gasteiger partial charge in [-0.2, -0.15) is 17.5 Å². The number of sulfonamides is 1. The zero-order valence-electron chi connectivity index (χ0n) is 16.8. The van der Waals surface area contributed by atoms with Crippen LogP contribution in [0.2, 0.25) is 0 Å². The second-order valence-corrected chi connectivity index (χ2v) is 9.46. The van der Waals surface area contributed by atoms with Gasteiger partial charge in [0.25, 0.3) is 10.0 Å². The van der Waals surface area contributed by atoms with Crippen LogP contribution in [-0.2, 0) is 23.2 Å². The van der Waals surface area contributed by atoms with Gasteiger partial charge in [0.1, 0.15) is 5.82 Å². The number of hydrogen-bond acceptors (Lipinski definition) is 5. The molecule has 1 N–H and O–H groups in total. The van der Waals surface area contributed by atoms with Crippen LogP contribution in [0, 0.1) is 5.82 Å². The van der Waals surface area contributed by atoms with Gasteiger partial charge >= 0.3 is 6.18 Å². The van der Waals surface area contributed by atoms with Gasteiger partial charge in [-0.15, -0.1) is 0 Å². The number of anilines is 1. The van der Waals surface area contributed by atoms with Gasteiger partial charge in [0.05, 0.1) is 17.6 Å². The van der Waals surface area contributed by atoms with Gasteiger partial charge in [-0.05, 0) is 23.8 Å². The maximum absolute atomic E-state index is 13.9. The van der Waals surface area contributed by atoms with E-state index < -0.39 is 39.5 Å². The monoisotopic (exact) mass is 469 g/mol. The van der Waals surface area contributed by atoms with Gasteiger partial charge in [-0.3, -0.25) is 4.98 Å². The fourth-order valence-corrected chi connectivity index (χ4v) is 5.19. The maximum atomic E-state index is 13.9. The van der Waals surface area contributed by atoms with Crippen molar-refractivity contribution in [2.75, 3.05) is 18.4 Å². The molecule has 1 aliphatic heterocycles. The number of hydrogen-bond donors (Lipinski definition) is 1. The largest absolute Gasteiger partial charge is 0.417 e. The van der Waals surface area contributed by atoms with Crippen LogP contribution in [0.15, 0.2) is 60.3 Å². The summed E-state index contributed by atoms with van der Waals surface area (Å²) in [5.41, 5.74) is -0.315. The molecule has 32 heavy (non-hydrogen) atoms. The van der Waals surface area contributed by atoms with Gasteiger partial charge in [0.2, 0.25) is 0 Å². The average Bonchev–Trinajstić information content (AvgIpc) is 3.35. The Morgan fingerprint density at radius 2 is 1.94 bits per heavy atom. The molecule has 1 aliphatic rings. The molecule has 0 amide bonds. The third kappa shape index (κ3) is 4.46. The molecule has 12 heteroatoms. The van der Waals surface area contributed by atoms with E-state index in [1.54, 1.807) is 13.1 Å². The lowest BCUT2D eigenvalue weighted by molar-refractivity contribution is -0.137. The molecule has 0 spiro atoms. The molecule has 2 atom stereocenters. The van der Waals surface area contributed by atoms with E-state index in [1.165, 1.54) is 45.8 Å². The molecule has 0 unspecified atom stereocenters. The third-order valence-corrected chi connectivity index (χ3v) is 6.98. The van der Waals surface area contributed by atoms with Crippen LogP contribution in [-0.4, -0.2) is 46.4 Å². The van der Waals surface area contributed by atoms with Gasteiger partial charge in [-0.1, -0.05) is 12.1 Å². The van der Waals surface area contributed by atoms with E-state index in [-0.39, 0.29) is 23.8 Å². The fraction of sp³-hybridized carbons (Fsp3) is 0.300. The minimum Gasteiger partial charge on any atom is -0.379 e. The van der Waals surface area contributed by atoms with E-state index in [9.17, 15) is 26.0 Å². The number of aryl methyl sites for hydroxylation is 1. The molecule has 3 aromatic rings. The lowest BCUT2D eigenvalue weighted by atomic mass is 9.94. The Morgan fingerprint density at radius 3 is 2.59 bits per heavy atom. The fourth-order valence-electron chi connectivity index (χ4n) is 3.73. The number of nitrogens with zero attached hydrogens (tertiary/aromatic N) is 4. The first kappa shape index (κ1) is 22.2. The van der Waals surface area contributed by atoms with Gasteiger partial charge in [-0.25, -0.2) is 17.8 Å². The molecule has 1 fully saturated rings. The summed E-state index contributed by atoms with van der Waals surface area (Å²) >= 11 is 0. The zero-order chi connectivity index (χ0) is 23.1. The normalized spacial score (nSPS) is 19.9. The smallest absolute Gasteiger partial charge is 0.379 e. The molecule has 0 radical (unpaired) electrons. The Hall–Kier alpha value is -2.99. The molecular weight excluding hydrogens is 450 g/mol. The molecule has 1 aromatic carbocycles. The molecule has 7 nitrogen and oxygen atoms in total. The summed E-state index contributed by atoms with van der Waals surface area (Å²) in [7, 11) is -2.32. The molecule has 2 aromatic heterocycles. The lowest BCUT2D eigenvalue weighted by Gasteiger charge is -2.21. The van der Waals surface area contributed by atoms with Gasteiger partial charge < -0.3 is 9.88 Å². The van der Waals surface area contributed by atoms with Crippen LogP contribution in [0.3, 0.4) is 0 Å². The van der Waals surface area contributed by atoms with E-state index >= 15 is 0 Å². The van der Waals surface area contributed by atoms with Crippen molar-refractivity contribution in [1.82, 2.24) is 18.8 Å². The summed E-state index contributed by atoms with van der Waals surface area (Å²) in [4.78, 5) is 7.55. The quantitative estimate of drug-likeness (QED) is 0.581. The summed E-state index contributed by atoms with van der Waals surface area (Å²) in [6.45, 7) is -0.0389. The van der Waals surface area contributed by atoms with Crippen molar-refractivity contribution in [2.45, 2.75) is 23.2 Å². The van der Waals surface area contributed by atoms with Crippen molar-refractivity contribution in [2.24, 2.45) is 7.05 Å². The Kier molecular flexibility index (Phi) is 5.67. The number of rotatable bonds is 5. The van der Waals surface area contributed by atoms with E-state index in [0.717, 1.165) is 6.07 Å². The Morgan fingerprint density at radius 1 is 1.16 bits per heavy atom. The van der Waals surface area contributed by atoms with Crippen LogP contribution < -0.4 is 5.32 Å². The van der Waals surface area contributed by atoms with Crippen LogP contribution in [0.25, 0.3) is 0 Å². The highest BCUT2D eigenvalue weighted by atomic mass is 32.2. The Balaban J connectivity index is 1.67. The van der Waals surface area contributed by atoms with Crippen molar-refractivity contribution in [3.05, 3.63) is 72.2 Å². The summed E-state index contributed by atoms with van der Waals surface area (Å²) < 4.78 is 81.9. The second-order valence-electron chi connectivity index (χ2n) is 7.57. The highest BCUT2D eigenvalue weighted by molar-refractivity contribution is 7.89. The van der Waals surface area contributed by atoms with E-state index in [4.69, 9.17) is 0 Å². The standard InChI is InChI=1S/C20H19F4N5O2S/c1-28-11-19(26-12-28)32(30,31)29-9-17(13-3-2-4-15(21)5-13)18(10-29)27-16-6-14(7-25-8-16)20(22,23)24/h2-8,11-12,17-18,27H,9-10H2,1H3/t17-,18+/m1/s1. The summed E-state index contributed by atoms with van der Waals surface area (Å²) in [5, 5.41) is 2.82. The number of imidazole rings is 1. The Labute approximate surface area is 181 Å². The first-order valence-electron chi connectivity index (χ1n) is 9.56. The third-order valence-electron chi connectivity index (χ3n) is 5.27. The second kappa shape index (κ2) is 8.17. The molecule has 0 bridgehead atoms. The van der Waals surface area contributed by atoms with E-state index in [1.807, 2.05) is 0 Å². The molecule has 1 saturated heterocycles. The molecule has 3 heterocycles. The molecule has 4 rings (SSSR count). The Bertz CT molecular complexity index is 1230. The SMILES string of the molecule is Cn1cnc(S(=O)(=O)N2C[C@H](Nc3cncc(C(F)(F)F)c3)[C@@H](c3cccc(F)c3)C2)c1. The molecule has 170 valence electrons. The zero-order valence-corrected chi connectivity index (χ0v) is 17.6. The predicted octanol–water partition coefficient (Wildman–Crippen LogP) is 3.24. The number of pyridine rings is 1. The van der Waals surface area contributed by atoms with E-state index in [2.05, 4.69) is 15.3 Å². The van der Waals surface area contributed by atoms with Crippen molar-refractivity contribution in [3.8, 4) is 0 Å². The van der Waals surface area contributed by atoms with Crippen molar-refractivity contribution >= 4 is 15.7 Å². The summed E-state index contributed by atoms with van der Waals surface area (Å²) in [6, 6.07) is 6.00. The number of aromatic nitrogens is 3. The topological polar surface area (TPSA) is 80.1 Å². The van der Waals surface area contributed by atoms with Crippen LogP contribution >= 0.6 is 0 Å². The maximum Gasteiger partial charge on any atom is 0.417 e. The number of nitrogens with one attached hydrogen (secondary N) is 1. The van der Waals surface area contributed by atoms with Crippen LogP contribution in [0.4, 0.5) is 23.2 Å². The predicted molar refractivity (Wildman–Crippen MR) is 108 cm³/mol. The van der Waals surface area contributed by atoms with Gasteiger partial charge in [0, 0.05) is 50.7 Å². The lowest BCUT2D eigenvalue weighted by Crippen LogP contribution is -2.32. The number of alkyl halides is 3. The van der Waals surface area contributed by atoms with Gasteiger partial charge in [0.15, 0.2) is 5.03 Å². The van der Waals surface area contributed by atoms with Crippen LogP contribution in [0.1, 0.15) is 17.0 Å². The van der Waals surface area contributed by atoms with Crippen LogP contribution in [0.5, 0.6) is 0 Å².